The summed E-state index contributed by atoms with van der Waals surface area (Å²) in [7, 11) is 0. The van der Waals surface area contributed by atoms with E-state index in [4.69, 9.17) is 11.6 Å². The van der Waals surface area contributed by atoms with E-state index in [1.807, 2.05) is 13.8 Å². The van der Waals surface area contributed by atoms with Crippen LogP contribution < -0.4 is 5.32 Å². The Morgan fingerprint density at radius 1 is 1.31 bits per heavy atom. The second-order valence-corrected chi connectivity index (χ2v) is 6.38. The lowest BCUT2D eigenvalue weighted by molar-refractivity contribution is 0.102. The zero-order valence-corrected chi connectivity index (χ0v) is 15.5. The van der Waals surface area contributed by atoms with E-state index in [-0.39, 0.29) is 17.5 Å². The number of carbonyl (C=O) groups excluding carboxylic acids is 1. The Labute approximate surface area is 155 Å². The Hall–Kier alpha value is -2.67. The molecule has 6 nitrogen and oxygen atoms in total. The molecule has 0 fully saturated rings. The highest BCUT2D eigenvalue weighted by atomic mass is 35.5. The predicted molar refractivity (Wildman–Crippen MR) is 98.1 cm³/mol. The second-order valence-electron chi connectivity index (χ2n) is 5.97. The summed E-state index contributed by atoms with van der Waals surface area (Å²) in [5, 5.41) is 11.7. The van der Waals surface area contributed by atoms with Gasteiger partial charge in [0.25, 0.3) is 5.91 Å². The number of aryl methyl sites for hydroxylation is 2. The van der Waals surface area contributed by atoms with Crippen molar-refractivity contribution < 1.29 is 9.18 Å². The molecule has 3 rings (SSSR count). The molecule has 0 spiro atoms. The van der Waals surface area contributed by atoms with Crippen LogP contribution in [0.2, 0.25) is 5.02 Å². The third-order valence-electron chi connectivity index (χ3n) is 4.09. The van der Waals surface area contributed by atoms with Crippen LogP contribution in [0.15, 0.2) is 30.5 Å². The SMILES string of the molecule is CCn1nc(C)c(C(=O)Nc2nn(Cc3cccc(F)c3)cc2Cl)c1C. The van der Waals surface area contributed by atoms with Gasteiger partial charge in [0.15, 0.2) is 5.82 Å². The van der Waals surface area contributed by atoms with Gasteiger partial charge in [-0.2, -0.15) is 10.2 Å². The van der Waals surface area contributed by atoms with Gasteiger partial charge in [0.1, 0.15) is 10.8 Å². The number of hydrogen-bond donors (Lipinski definition) is 1. The Bertz CT molecular complexity index is 963. The lowest BCUT2D eigenvalue weighted by Crippen LogP contribution is -2.15. The number of nitrogens with zero attached hydrogens (tertiary/aromatic N) is 4. The summed E-state index contributed by atoms with van der Waals surface area (Å²) < 4.78 is 16.6. The summed E-state index contributed by atoms with van der Waals surface area (Å²) >= 11 is 6.19. The number of carbonyl (C=O) groups is 1. The average Bonchev–Trinajstić information content (AvgIpc) is 3.06. The van der Waals surface area contributed by atoms with Gasteiger partial charge < -0.3 is 5.32 Å². The summed E-state index contributed by atoms with van der Waals surface area (Å²) in [4.78, 5) is 12.6. The molecule has 8 heteroatoms. The summed E-state index contributed by atoms with van der Waals surface area (Å²) in [6.45, 7) is 6.63. The standard InChI is InChI=1S/C18H19ClFN5O/c1-4-25-12(3)16(11(2)22-25)18(26)21-17-15(19)10-24(23-17)9-13-6-5-7-14(20)8-13/h5-8,10H,4,9H2,1-3H3,(H,21,23,26). The van der Waals surface area contributed by atoms with Crippen molar-refractivity contribution in [1.82, 2.24) is 19.6 Å². The third-order valence-corrected chi connectivity index (χ3v) is 4.37. The zero-order chi connectivity index (χ0) is 18.8. The highest BCUT2D eigenvalue weighted by molar-refractivity contribution is 6.33. The molecular weight excluding hydrogens is 357 g/mol. The third kappa shape index (κ3) is 3.62. The van der Waals surface area contributed by atoms with E-state index >= 15 is 0 Å². The summed E-state index contributed by atoms with van der Waals surface area (Å²) in [5.41, 5.74) is 2.70. The van der Waals surface area contributed by atoms with Gasteiger partial charge in [-0.1, -0.05) is 23.7 Å². The summed E-state index contributed by atoms with van der Waals surface area (Å²) in [5.74, 6) is -0.359. The fourth-order valence-electron chi connectivity index (χ4n) is 2.89. The van der Waals surface area contributed by atoms with E-state index in [2.05, 4.69) is 15.5 Å². The van der Waals surface area contributed by atoms with Crippen molar-refractivity contribution in [2.45, 2.75) is 33.9 Å². The number of aromatic nitrogens is 4. The minimum absolute atomic E-state index is 0.260. The topological polar surface area (TPSA) is 64.7 Å². The van der Waals surface area contributed by atoms with E-state index in [0.717, 1.165) is 11.3 Å². The molecule has 1 aromatic carbocycles. The molecule has 0 aliphatic heterocycles. The number of amides is 1. The number of halogens is 2. The molecule has 3 aromatic rings. The number of nitrogens with one attached hydrogen (secondary N) is 1. The van der Waals surface area contributed by atoms with E-state index in [0.29, 0.717) is 29.4 Å². The van der Waals surface area contributed by atoms with Crippen molar-refractivity contribution in [3.63, 3.8) is 0 Å². The summed E-state index contributed by atoms with van der Waals surface area (Å²) in [6.07, 6.45) is 1.59. The van der Waals surface area contributed by atoms with Crippen LogP contribution in [0.3, 0.4) is 0 Å². The number of rotatable bonds is 5. The predicted octanol–water partition coefficient (Wildman–Crippen LogP) is 3.81. The van der Waals surface area contributed by atoms with Crippen LogP contribution in [-0.4, -0.2) is 25.5 Å². The lowest BCUT2D eigenvalue weighted by Gasteiger charge is -2.04. The highest BCUT2D eigenvalue weighted by Crippen LogP contribution is 2.22. The maximum Gasteiger partial charge on any atom is 0.260 e. The minimum atomic E-state index is -0.312. The molecular formula is C18H19ClFN5O. The van der Waals surface area contributed by atoms with Crippen LogP contribution in [0.1, 0.15) is 34.2 Å². The second kappa shape index (κ2) is 7.29. The van der Waals surface area contributed by atoms with Gasteiger partial charge in [0.2, 0.25) is 0 Å². The molecule has 0 atom stereocenters. The molecule has 0 aliphatic carbocycles. The smallest absolute Gasteiger partial charge is 0.260 e. The van der Waals surface area contributed by atoms with Gasteiger partial charge >= 0.3 is 0 Å². The van der Waals surface area contributed by atoms with Crippen molar-refractivity contribution in [3.05, 3.63) is 63.8 Å². The van der Waals surface area contributed by atoms with Gasteiger partial charge in [-0.05, 0) is 38.5 Å². The van der Waals surface area contributed by atoms with E-state index in [1.54, 1.807) is 34.6 Å². The van der Waals surface area contributed by atoms with Crippen molar-refractivity contribution in [1.29, 1.82) is 0 Å². The molecule has 0 unspecified atom stereocenters. The lowest BCUT2D eigenvalue weighted by atomic mass is 10.2. The van der Waals surface area contributed by atoms with E-state index in [9.17, 15) is 9.18 Å². The van der Waals surface area contributed by atoms with Crippen LogP contribution >= 0.6 is 11.6 Å². The molecule has 136 valence electrons. The molecule has 2 aromatic heterocycles. The van der Waals surface area contributed by atoms with Crippen LogP contribution in [0.25, 0.3) is 0 Å². The maximum atomic E-state index is 13.3. The first kappa shape index (κ1) is 18.1. The fourth-order valence-corrected chi connectivity index (χ4v) is 3.09. The van der Waals surface area contributed by atoms with Crippen molar-refractivity contribution in [3.8, 4) is 0 Å². The first-order chi connectivity index (χ1) is 12.4. The Morgan fingerprint density at radius 3 is 2.73 bits per heavy atom. The van der Waals surface area contributed by atoms with Crippen molar-refractivity contribution in [2.75, 3.05) is 5.32 Å². The van der Waals surface area contributed by atoms with E-state index < -0.39 is 0 Å². The first-order valence-electron chi connectivity index (χ1n) is 8.21. The Morgan fingerprint density at radius 2 is 2.08 bits per heavy atom. The number of benzene rings is 1. The average molecular weight is 376 g/mol. The van der Waals surface area contributed by atoms with Gasteiger partial charge in [-0.25, -0.2) is 4.39 Å². The van der Waals surface area contributed by atoms with Gasteiger partial charge in [0, 0.05) is 18.4 Å². The van der Waals surface area contributed by atoms with Gasteiger partial charge in [0.05, 0.1) is 17.8 Å². The minimum Gasteiger partial charge on any atom is -0.304 e. The van der Waals surface area contributed by atoms with Gasteiger partial charge in [-0.15, -0.1) is 0 Å². The molecule has 2 heterocycles. The van der Waals surface area contributed by atoms with Crippen molar-refractivity contribution in [2.24, 2.45) is 0 Å². The molecule has 1 amide bonds. The number of anilines is 1. The molecule has 0 radical (unpaired) electrons. The molecule has 0 saturated heterocycles. The molecule has 0 saturated carbocycles. The van der Waals surface area contributed by atoms with Crippen molar-refractivity contribution >= 4 is 23.3 Å². The van der Waals surface area contributed by atoms with Crippen LogP contribution in [0.4, 0.5) is 10.2 Å². The maximum absolute atomic E-state index is 13.3. The Kier molecular flexibility index (Phi) is 5.08. The largest absolute Gasteiger partial charge is 0.304 e. The van der Waals surface area contributed by atoms with Gasteiger partial charge in [-0.3, -0.25) is 14.2 Å². The normalized spacial score (nSPS) is 11.0. The van der Waals surface area contributed by atoms with Crippen LogP contribution in [-0.2, 0) is 13.1 Å². The molecule has 0 bridgehead atoms. The fraction of sp³-hybridized carbons (Fsp3) is 0.278. The van der Waals surface area contributed by atoms with Crippen LogP contribution in [0.5, 0.6) is 0 Å². The highest BCUT2D eigenvalue weighted by Gasteiger charge is 2.20. The number of hydrogen-bond acceptors (Lipinski definition) is 3. The van der Waals surface area contributed by atoms with E-state index in [1.165, 1.54) is 12.1 Å². The quantitative estimate of drug-likeness (QED) is 0.737. The molecule has 0 aliphatic rings. The zero-order valence-electron chi connectivity index (χ0n) is 14.8. The monoisotopic (exact) mass is 375 g/mol. The van der Waals surface area contributed by atoms with Crippen LogP contribution in [0, 0.1) is 19.7 Å². The summed E-state index contributed by atoms with van der Waals surface area (Å²) in [6, 6.07) is 6.24. The Balaban J connectivity index is 1.79. The molecule has 1 N–H and O–H groups in total. The molecule has 26 heavy (non-hydrogen) atoms. The first-order valence-corrected chi connectivity index (χ1v) is 8.59.